The summed E-state index contributed by atoms with van der Waals surface area (Å²) in [7, 11) is 0. The van der Waals surface area contributed by atoms with Crippen LogP contribution < -0.4 is 0 Å². The maximum Gasteiger partial charge on any atom is 0.308 e. The van der Waals surface area contributed by atoms with Crippen LogP contribution in [0.25, 0.3) is 0 Å². The highest BCUT2D eigenvalue weighted by molar-refractivity contribution is 9.09. The molecular weight excluding hydrogens is 412 g/mol. The van der Waals surface area contributed by atoms with E-state index in [1.165, 1.54) is 103 Å². The third-order valence-electron chi connectivity index (χ3n) is 5.67. The van der Waals surface area contributed by atoms with Gasteiger partial charge in [-0.3, -0.25) is 4.79 Å². The molecule has 0 atom stereocenters. The number of alkyl halides is 1. The van der Waals surface area contributed by atoms with Crippen LogP contribution in [-0.2, 0) is 9.53 Å². The standard InChI is InChI=1S/C25H49BrO2/c1-3-5-7-9-12-16-20-24(21-17-13-10-8-6-4-2)25(27)28-23-19-15-11-14-18-22-26/h24H,3-23H2,1-2H3. The lowest BCUT2D eigenvalue weighted by Crippen LogP contribution is -2.18. The lowest BCUT2D eigenvalue weighted by molar-refractivity contribution is -0.149. The quantitative estimate of drug-likeness (QED) is 0.0913. The first-order chi connectivity index (χ1) is 13.8. The van der Waals surface area contributed by atoms with Crippen LogP contribution in [0, 0.1) is 5.92 Å². The molecule has 0 aromatic carbocycles. The Labute approximate surface area is 185 Å². The number of esters is 1. The molecule has 0 heterocycles. The minimum absolute atomic E-state index is 0.0857. The summed E-state index contributed by atoms with van der Waals surface area (Å²) in [5.74, 6) is 0.230. The second kappa shape index (κ2) is 23.2. The van der Waals surface area contributed by atoms with Crippen molar-refractivity contribution in [1.29, 1.82) is 0 Å². The van der Waals surface area contributed by atoms with Crippen molar-refractivity contribution >= 4 is 21.9 Å². The minimum atomic E-state index is 0.0857. The van der Waals surface area contributed by atoms with Crippen LogP contribution in [0.3, 0.4) is 0 Å². The Morgan fingerprint density at radius 2 is 1.07 bits per heavy atom. The van der Waals surface area contributed by atoms with Crippen molar-refractivity contribution in [3.63, 3.8) is 0 Å². The molecule has 0 aromatic rings. The van der Waals surface area contributed by atoms with Crippen molar-refractivity contribution in [1.82, 2.24) is 0 Å². The molecule has 0 aliphatic heterocycles. The summed E-state index contributed by atoms with van der Waals surface area (Å²) >= 11 is 3.47. The molecule has 0 bridgehead atoms. The summed E-state index contributed by atoms with van der Waals surface area (Å²) in [4.78, 5) is 12.6. The van der Waals surface area contributed by atoms with Gasteiger partial charge in [0.25, 0.3) is 0 Å². The number of hydrogen-bond acceptors (Lipinski definition) is 2. The van der Waals surface area contributed by atoms with Crippen molar-refractivity contribution in [2.24, 2.45) is 5.92 Å². The monoisotopic (exact) mass is 460 g/mol. The third kappa shape index (κ3) is 19.3. The highest BCUT2D eigenvalue weighted by atomic mass is 79.9. The molecular formula is C25H49BrO2. The zero-order valence-corrected chi connectivity index (χ0v) is 20.7. The van der Waals surface area contributed by atoms with Crippen LogP contribution in [0.2, 0.25) is 0 Å². The largest absolute Gasteiger partial charge is 0.465 e. The van der Waals surface area contributed by atoms with E-state index in [0.717, 1.165) is 24.6 Å². The van der Waals surface area contributed by atoms with Gasteiger partial charge in [0.05, 0.1) is 12.5 Å². The van der Waals surface area contributed by atoms with E-state index in [2.05, 4.69) is 29.8 Å². The fourth-order valence-electron chi connectivity index (χ4n) is 3.74. The second-order valence-electron chi connectivity index (χ2n) is 8.43. The van der Waals surface area contributed by atoms with Crippen molar-refractivity contribution in [3.05, 3.63) is 0 Å². The molecule has 28 heavy (non-hydrogen) atoms. The van der Waals surface area contributed by atoms with E-state index in [-0.39, 0.29) is 11.9 Å². The Bertz CT molecular complexity index is 304. The molecule has 0 N–H and O–H groups in total. The topological polar surface area (TPSA) is 26.3 Å². The van der Waals surface area contributed by atoms with E-state index in [1.54, 1.807) is 0 Å². The van der Waals surface area contributed by atoms with Crippen LogP contribution in [0.15, 0.2) is 0 Å². The minimum Gasteiger partial charge on any atom is -0.465 e. The molecule has 0 amide bonds. The Hall–Kier alpha value is -0.0500. The summed E-state index contributed by atoms with van der Waals surface area (Å²) in [6.45, 7) is 5.14. The number of rotatable bonds is 22. The number of unbranched alkanes of at least 4 members (excludes halogenated alkanes) is 14. The third-order valence-corrected chi connectivity index (χ3v) is 6.23. The molecule has 0 saturated heterocycles. The Balaban J connectivity index is 4.01. The number of carbonyl (C=O) groups excluding carboxylic acids is 1. The SMILES string of the molecule is CCCCCCCCC(CCCCCCCC)C(=O)OCCCCCCCBr. The van der Waals surface area contributed by atoms with E-state index in [4.69, 9.17) is 4.74 Å². The highest BCUT2D eigenvalue weighted by Crippen LogP contribution is 2.21. The van der Waals surface area contributed by atoms with Crippen molar-refractivity contribution in [2.45, 2.75) is 136 Å². The molecule has 0 aromatic heterocycles. The summed E-state index contributed by atoms with van der Waals surface area (Å²) in [6, 6.07) is 0. The maximum absolute atomic E-state index is 12.6. The molecule has 0 fully saturated rings. The molecule has 0 radical (unpaired) electrons. The summed E-state index contributed by atoms with van der Waals surface area (Å²) < 4.78 is 5.65. The molecule has 0 spiro atoms. The Kier molecular flexibility index (Phi) is 23.2. The molecule has 0 unspecified atom stereocenters. The predicted octanol–water partition coefficient (Wildman–Crippen LogP) is 8.99. The fraction of sp³-hybridized carbons (Fsp3) is 0.960. The van der Waals surface area contributed by atoms with Crippen LogP contribution in [-0.4, -0.2) is 17.9 Å². The van der Waals surface area contributed by atoms with E-state index in [1.807, 2.05) is 0 Å². The van der Waals surface area contributed by atoms with Gasteiger partial charge in [0, 0.05) is 5.33 Å². The Morgan fingerprint density at radius 1 is 0.643 bits per heavy atom. The van der Waals surface area contributed by atoms with Crippen molar-refractivity contribution in [3.8, 4) is 0 Å². The predicted molar refractivity (Wildman–Crippen MR) is 127 cm³/mol. The van der Waals surface area contributed by atoms with E-state index in [9.17, 15) is 4.79 Å². The number of ether oxygens (including phenoxy) is 1. The maximum atomic E-state index is 12.6. The van der Waals surface area contributed by atoms with Crippen LogP contribution in [0.4, 0.5) is 0 Å². The van der Waals surface area contributed by atoms with Crippen LogP contribution in [0.5, 0.6) is 0 Å². The molecule has 0 aliphatic carbocycles. The zero-order chi connectivity index (χ0) is 20.7. The van der Waals surface area contributed by atoms with Crippen LogP contribution in [0.1, 0.15) is 136 Å². The van der Waals surface area contributed by atoms with Gasteiger partial charge in [-0.25, -0.2) is 0 Å². The molecule has 168 valence electrons. The van der Waals surface area contributed by atoms with Gasteiger partial charge in [-0.15, -0.1) is 0 Å². The normalized spacial score (nSPS) is 11.3. The van der Waals surface area contributed by atoms with Gasteiger partial charge in [0.15, 0.2) is 0 Å². The van der Waals surface area contributed by atoms with Gasteiger partial charge < -0.3 is 4.74 Å². The van der Waals surface area contributed by atoms with Crippen LogP contribution >= 0.6 is 15.9 Å². The summed E-state index contributed by atoms with van der Waals surface area (Å²) in [5.41, 5.74) is 0. The van der Waals surface area contributed by atoms with Gasteiger partial charge in [-0.05, 0) is 25.7 Å². The van der Waals surface area contributed by atoms with Crippen molar-refractivity contribution < 1.29 is 9.53 Å². The number of carbonyl (C=O) groups is 1. The number of halogens is 1. The van der Waals surface area contributed by atoms with Crippen molar-refractivity contribution in [2.75, 3.05) is 11.9 Å². The zero-order valence-electron chi connectivity index (χ0n) is 19.1. The Morgan fingerprint density at radius 3 is 1.57 bits per heavy atom. The molecule has 0 saturated carbocycles. The average Bonchev–Trinajstić information content (AvgIpc) is 2.70. The van der Waals surface area contributed by atoms with E-state index in [0.29, 0.717) is 6.61 Å². The van der Waals surface area contributed by atoms with E-state index >= 15 is 0 Å². The first-order valence-corrected chi connectivity index (χ1v) is 13.6. The lowest BCUT2D eigenvalue weighted by atomic mass is 9.94. The van der Waals surface area contributed by atoms with Gasteiger partial charge in [0.2, 0.25) is 0 Å². The van der Waals surface area contributed by atoms with Gasteiger partial charge in [-0.1, -0.05) is 126 Å². The smallest absolute Gasteiger partial charge is 0.308 e. The molecule has 0 rings (SSSR count). The van der Waals surface area contributed by atoms with Gasteiger partial charge in [0.1, 0.15) is 0 Å². The lowest BCUT2D eigenvalue weighted by Gasteiger charge is -2.16. The highest BCUT2D eigenvalue weighted by Gasteiger charge is 2.19. The first kappa shape index (κ1) is 27.9. The fourth-order valence-corrected chi connectivity index (χ4v) is 4.14. The first-order valence-electron chi connectivity index (χ1n) is 12.5. The summed E-state index contributed by atoms with van der Waals surface area (Å²) in [5, 5.41) is 1.10. The van der Waals surface area contributed by atoms with Gasteiger partial charge >= 0.3 is 5.97 Å². The molecule has 0 aliphatic rings. The number of hydrogen-bond donors (Lipinski definition) is 0. The molecule has 2 nitrogen and oxygen atoms in total. The second-order valence-corrected chi connectivity index (χ2v) is 9.23. The van der Waals surface area contributed by atoms with E-state index < -0.39 is 0 Å². The average molecular weight is 462 g/mol. The summed E-state index contributed by atoms with van der Waals surface area (Å²) in [6.07, 6.45) is 23.6. The molecule has 3 heteroatoms. The van der Waals surface area contributed by atoms with Gasteiger partial charge in [-0.2, -0.15) is 0 Å².